The third-order valence-electron chi connectivity index (χ3n) is 5.66. The predicted molar refractivity (Wildman–Crippen MR) is 121 cm³/mol. The minimum Gasteiger partial charge on any atom is -0.497 e. The van der Waals surface area contributed by atoms with Crippen molar-refractivity contribution in [3.8, 4) is 11.5 Å². The van der Waals surface area contributed by atoms with Crippen molar-refractivity contribution in [3.63, 3.8) is 0 Å². The molecule has 0 aliphatic carbocycles. The molecule has 0 aromatic heterocycles. The van der Waals surface area contributed by atoms with Crippen molar-refractivity contribution in [2.75, 3.05) is 33.3 Å². The number of benzene rings is 3. The highest BCUT2D eigenvalue weighted by atomic mass is 19.1. The second kappa shape index (κ2) is 10.4. The summed E-state index contributed by atoms with van der Waals surface area (Å²) >= 11 is 0. The fourth-order valence-corrected chi connectivity index (χ4v) is 3.87. The lowest BCUT2D eigenvalue weighted by atomic mass is 10.1. The first-order chi connectivity index (χ1) is 16.0. The van der Waals surface area contributed by atoms with E-state index in [9.17, 15) is 13.6 Å². The number of ether oxygens (including phenoxy) is 2. The van der Waals surface area contributed by atoms with E-state index in [1.807, 2.05) is 29.2 Å². The van der Waals surface area contributed by atoms with Crippen LogP contribution in [0.4, 0.5) is 8.78 Å². The van der Waals surface area contributed by atoms with Crippen LogP contribution in [0.25, 0.3) is 0 Å². The van der Waals surface area contributed by atoms with Crippen LogP contribution in [0, 0.1) is 11.6 Å². The first-order valence-corrected chi connectivity index (χ1v) is 10.8. The zero-order valence-corrected chi connectivity index (χ0v) is 18.5. The SMILES string of the molecule is COc1cccc(CN2CCN(C(=O)c3cccc(COc4ccc(F)cc4F)c3)CC2)c1. The van der Waals surface area contributed by atoms with E-state index < -0.39 is 11.6 Å². The fourth-order valence-electron chi connectivity index (χ4n) is 3.87. The first kappa shape index (κ1) is 22.7. The summed E-state index contributed by atoms with van der Waals surface area (Å²) in [6.45, 7) is 3.75. The summed E-state index contributed by atoms with van der Waals surface area (Å²) in [5.41, 5.74) is 2.48. The van der Waals surface area contributed by atoms with Gasteiger partial charge in [-0.15, -0.1) is 0 Å². The van der Waals surface area contributed by atoms with Gasteiger partial charge in [0.15, 0.2) is 11.6 Å². The molecular weight excluding hydrogens is 426 g/mol. The lowest BCUT2D eigenvalue weighted by molar-refractivity contribution is 0.0628. The van der Waals surface area contributed by atoms with Crippen molar-refractivity contribution in [2.45, 2.75) is 13.2 Å². The van der Waals surface area contributed by atoms with E-state index in [4.69, 9.17) is 9.47 Å². The van der Waals surface area contributed by atoms with E-state index >= 15 is 0 Å². The molecule has 1 aliphatic rings. The van der Waals surface area contributed by atoms with E-state index in [0.717, 1.165) is 43.1 Å². The fraction of sp³-hybridized carbons (Fsp3) is 0.269. The molecule has 1 heterocycles. The van der Waals surface area contributed by atoms with Crippen LogP contribution in [0.3, 0.4) is 0 Å². The molecule has 1 fully saturated rings. The number of methoxy groups -OCH3 is 1. The summed E-state index contributed by atoms with van der Waals surface area (Å²) in [5, 5.41) is 0. The van der Waals surface area contributed by atoms with Crippen LogP contribution in [0.5, 0.6) is 11.5 Å². The Labute approximate surface area is 192 Å². The molecule has 3 aromatic carbocycles. The molecule has 3 aromatic rings. The molecule has 1 saturated heterocycles. The van der Waals surface area contributed by atoms with Gasteiger partial charge in [-0.1, -0.05) is 24.3 Å². The predicted octanol–water partition coefficient (Wildman–Crippen LogP) is 4.51. The summed E-state index contributed by atoms with van der Waals surface area (Å²) in [5.74, 6) is -0.636. The maximum atomic E-state index is 13.8. The molecule has 0 bridgehead atoms. The maximum Gasteiger partial charge on any atom is 0.253 e. The summed E-state index contributed by atoms with van der Waals surface area (Å²) < 4.78 is 37.6. The Hall–Kier alpha value is -3.45. The summed E-state index contributed by atoms with van der Waals surface area (Å²) in [7, 11) is 1.66. The molecule has 4 rings (SSSR count). The lowest BCUT2D eigenvalue weighted by Gasteiger charge is -2.35. The second-order valence-corrected chi connectivity index (χ2v) is 7.98. The van der Waals surface area contributed by atoms with Gasteiger partial charge in [0.2, 0.25) is 0 Å². The number of hydrogen-bond acceptors (Lipinski definition) is 4. The number of halogens is 2. The molecule has 0 saturated carbocycles. The van der Waals surface area contributed by atoms with Crippen molar-refractivity contribution >= 4 is 5.91 Å². The van der Waals surface area contributed by atoms with Gasteiger partial charge in [-0.2, -0.15) is 0 Å². The molecule has 0 atom stereocenters. The van der Waals surface area contributed by atoms with Crippen molar-refractivity contribution in [1.29, 1.82) is 0 Å². The quantitative estimate of drug-likeness (QED) is 0.529. The molecule has 1 aliphatic heterocycles. The average molecular weight is 453 g/mol. The Kier molecular flexibility index (Phi) is 7.19. The van der Waals surface area contributed by atoms with Crippen LogP contribution in [0.1, 0.15) is 21.5 Å². The average Bonchev–Trinajstić information content (AvgIpc) is 2.84. The lowest BCUT2D eigenvalue weighted by Crippen LogP contribution is -2.48. The molecule has 1 amide bonds. The third-order valence-corrected chi connectivity index (χ3v) is 5.66. The number of carbonyl (C=O) groups is 1. The maximum absolute atomic E-state index is 13.8. The molecule has 0 radical (unpaired) electrons. The van der Waals surface area contributed by atoms with Crippen molar-refractivity contribution in [2.24, 2.45) is 0 Å². The normalized spacial score (nSPS) is 14.2. The summed E-state index contributed by atoms with van der Waals surface area (Å²) in [4.78, 5) is 17.2. The van der Waals surface area contributed by atoms with Crippen LogP contribution in [0.15, 0.2) is 66.7 Å². The van der Waals surface area contributed by atoms with Gasteiger partial charge in [0, 0.05) is 44.4 Å². The zero-order chi connectivity index (χ0) is 23.2. The number of carbonyl (C=O) groups excluding carboxylic acids is 1. The first-order valence-electron chi connectivity index (χ1n) is 10.8. The van der Waals surface area contributed by atoms with E-state index in [2.05, 4.69) is 11.0 Å². The molecular formula is C26H26F2N2O3. The van der Waals surface area contributed by atoms with Crippen LogP contribution < -0.4 is 9.47 Å². The number of nitrogens with zero attached hydrogens (tertiary/aromatic N) is 2. The van der Waals surface area contributed by atoms with Crippen molar-refractivity contribution in [1.82, 2.24) is 9.80 Å². The Morgan fingerprint density at radius 1 is 0.909 bits per heavy atom. The van der Waals surface area contributed by atoms with Gasteiger partial charge >= 0.3 is 0 Å². The topological polar surface area (TPSA) is 42.0 Å². The molecule has 7 heteroatoms. The highest BCUT2D eigenvalue weighted by Crippen LogP contribution is 2.20. The largest absolute Gasteiger partial charge is 0.497 e. The van der Waals surface area contributed by atoms with E-state index in [-0.39, 0.29) is 18.3 Å². The smallest absolute Gasteiger partial charge is 0.253 e. The van der Waals surface area contributed by atoms with Gasteiger partial charge < -0.3 is 14.4 Å². The van der Waals surface area contributed by atoms with E-state index in [0.29, 0.717) is 18.7 Å². The molecule has 5 nitrogen and oxygen atoms in total. The minimum absolute atomic E-state index is 0.0275. The number of rotatable bonds is 7. The van der Waals surface area contributed by atoms with Gasteiger partial charge in [0.1, 0.15) is 18.2 Å². The summed E-state index contributed by atoms with van der Waals surface area (Å²) in [6, 6.07) is 18.3. The molecule has 0 unspecified atom stereocenters. The summed E-state index contributed by atoms with van der Waals surface area (Å²) in [6.07, 6.45) is 0. The number of amides is 1. The van der Waals surface area contributed by atoms with Crippen LogP contribution >= 0.6 is 0 Å². The third kappa shape index (κ3) is 5.87. The van der Waals surface area contributed by atoms with Crippen LogP contribution in [-0.2, 0) is 13.2 Å². The van der Waals surface area contributed by atoms with Crippen molar-refractivity contribution < 1.29 is 23.0 Å². The highest BCUT2D eigenvalue weighted by molar-refractivity contribution is 5.94. The zero-order valence-electron chi connectivity index (χ0n) is 18.5. The molecule has 33 heavy (non-hydrogen) atoms. The molecule has 172 valence electrons. The Balaban J connectivity index is 1.32. The van der Waals surface area contributed by atoms with Gasteiger partial charge in [0.25, 0.3) is 5.91 Å². The van der Waals surface area contributed by atoms with Crippen LogP contribution in [-0.4, -0.2) is 49.0 Å². The standard InChI is InChI=1S/C26H26F2N2O3/c1-32-23-7-3-4-19(15-23)17-29-10-12-30(13-11-29)26(31)21-6-2-5-20(14-21)18-33-25-9-8-22(27)16-24(25)28/h2-9,14-16H,10-13,17-18H2,1H3. The van der Waals surface area contributed by atoms with Gasteiger partial charge in [-0.05, 0) is 47.5 Å². The number of hydrogen-bond donors (Lipinski definition) is 0. The van der Waals surface area contributed by atoms with E-state index in [1.54, 1.807) is 25.3 Å². The van der Waals surface area contributed by atoms with Gasteiger partial charge in [-0.3, -0.25) is 9.69 Å². The van der Waals surface area contributed by atoms with E-state index in [1.165, 1.54) is 11.6 Å². The second-order valence-electron chi connectivity index (χ2n) is 7.98. The number of piperazine rings is 1. The Morgan fingerprint density at radius 2 is 1.67 bits per heavy atom. The molecule has 0 spiro atoms. The van der Waals surface area contributed by atoms with Gasteiger partial charge in [0.05, 0.1) is 7.11 Å². The monoisotopic (exact) mass is 452 g/mol. The highest BCUT2D eigenvalue weighted by Gasteiger charge is 2.22. The Bertz CT molecular complexity index is 1110. The minimum atomic E-state index is -0.756. The van der Waals surface area contributed by atoms with Crippen LogP contribution in [0.2, 0.25) is 0 Å². The van der Waals surface area contributed by atoms with Crippen molar-refractivity contribution in [3.05, 3.63) is 95.1 Å². The molecule has 0 N–H and O–H groups in total. The Morgan fingerprint density at radius 3 is 2.42 bits per heavy atom. The van der Waals surface area contributed by atoms with Gasteiger partial charge in [-0.25, -0.2) is 8.78 Å².